The molecule has 82 valence electrons. The van der Waals surface area contributed by atoms with Crippen molar-refractivity contribution >= 4 is 13.3 Å². The van der Waals surface area contributed by atoms with Crippen molar-refractivity contribution < 1.29 is 19.0 Å². The van der Waals surface area contributed by atoms with Crippen molar-refractivity contribution in [1.82, 2.24) is 0 Å². The highest BCUT2D eigenvalue weighted by atomic mass is 31.2. The lowest BCUT2D eigenvalue weighted by Crippen LogP contribution is -2.11. The molecule has 1 aliphatic rings. The van der Waals surface area contributed by atoms with E-state index in [0.29, 0.717) is 0 Å². The van der Waals surface area contributed by atoms with E-state index < -0.39 is 13.3 Å². The van der Waals surface area contributed by atoms with E-state index >= 15 is 0 Å². The third-order valence-electron chi connectivity index (χ3n) is 2.61. The molecule has 1 saturated carbocycles. The summed E-state index contributed by atoms with van der Waals surface area (Å²) in [5, 5.41) is 0. The molecule has 0 spiro atoms. The van der Waals surface area contributed by atoms with Crippen LogP contribution in [0.4, 0.5) is 0 Å². The Morgan fingerprint density at radius 2 is 2.07 bits per heavy atom. The maximum Gasteiger partial charge on any atom is 0.302 e. The number of carbonyl (C=O) groups excluding carboxylic acids is 1. The van der Waals surface area contributed by atoms with Gasteiger partial charge in [0, 0.05) is 12.6 Å². The molecule has 0 heterocycles. The standard InChI is InChI=1S/C9H17O4P/c1-8(10)13-6-7-14(11,12)9-4-2-3-5-9/h9H,2-7H2,1H3,(H,11,12). The second kappa shape index (κ2) is 4.94. The average molecular weight is 220 g/mol. The number of hydrogen-bond donors (Lipinski definition) is 1. The number of rotatable bonds is 4. The fourth-order valence-electron chi connectivity index (χ4n) is 1.81. The molecule has 1 aliphatic carbocycles. The van der Waals surface area contributed by atoms with E-state index in [1.807, 2.05) is 0 Å². The van der Waals surface area contributed by atoms with Crippen LogP contribution in [0.3, 0.4) is 0 Å². The van der Waals surface area contributed by atoms with Crippen LogP contribution in [0.2, 0.25) is 0 Å². The van der Waals surface area contributed by atoms with Crippen molar-refractivity contribution in [2.75, 3.05) is 12.8 Å². The molecule has 0 aromatic carbocycles. The molecule has 0 aromatic heterocycles. The molecule has 5 heteroatoms. The zero-order chi connectivity index (χ0) is 10.6. The molecule has 0 radical (unpaired) electrons. The van der Waals surface area contributed by atoms with Crippen LogP contribution in [0, 0.1) is 0 Å². The highest BCUT2D eigenvalue weighted by molar-refractivity contribution is 7.58. The summed E-state index contributed by atoms with van der Waals surface area (Å²) in [6.45, 7) is 1.37. The maximum atomic E-state index is 11.8. The largest absolute Gasteiger partial charge is 0.465 e. The van der Waals surface area contributed by atoms with Gasteiger partial charge in [-0.15, -0.1) is 0 Å². The first-order valence-corrected chi connectivity index (χ1v) is 6.88. The first-order valence-electron chi connectivity index (χ1n) is 4.97. The normalized spacial score (nSPS) is 21.9. The molecule has 4 nitrogen and oxygen atoms in total. The number of hydrogen-bond acceptors (Lipinski definition) is 3. The van der Waals surface area contributed by atoms with Gasteiger partial charge >= 0.3 is 5.97 Å². The van der Waals surface area contributed by atoms with E-state index in [1.165, 1.54) is 6.92 Å². The molecular formula is C9H17O4P. The molecule has 1 fully saturated rings. The summed E-state index contributed by atoms with van der Waals surface area (Å²) in [5.74, 6) is -0.392. The number of esters is 1. The Hall–Kier alpha value is -0.340. The Morgan fingerprint density at radius 1 is 1.50 bits per heavy atom. The molecule has 0 amide bonds. The van der Waals surface area contributed by atoms with Gasteiger partial charge in [0.1, 0.15) is 6.61 Å². The summed E-state index contributed by atoms with van der Waals surface area (Å²) < 4.78 is 16.4. The van der Waals surface area contributed by atoms with Gasteiger partial charge in [0.25, 0.3) is 0 Å². The molecular weight excluding hydrogens is 203 g/mol. The van der Waals surface area contributed by atoms with Crippen LogP contribution in [0.25, 0.3) is 0 Å². The van der Waals surface area contributed by atoms with Crippen LogP contribution in [0.15, 0.2) is 0 Å². The van der Waals surface area contributed by atoms with Crippen molar-refractivity contribution in [3.8, 4) is 0 Å². The first kappa shape index (κ1) is 11.7. The minimum absolute atomic E-state index is 0.0574. The minimum atomic E-state index is -3.07. The van der Waals surface area contributed by atoms with Crippen LogP contribution in [-0.2, 0) is 14.1 Å². The molecule has 1 rings (SSSR count). The minimum Gasteiger partial charge on any atom is -0.465 e. The smallest absolute Gasteiger partial charge is 0.302 e. The van der Waals surface area contributed by atoms with Crippen molar-refractivity contribution in [2.45, 2.75) is 38.3 Å². The number of ether oxygens (including phenoxy) is 1. The van der Waals surface area contributed by atoms with E-state index in [-0.39, 0.29) is 18.4 Å². The van der Waals surface area contributed by atoms with Gasteiger partial charge < -0.3 is 9.63 Å². The SMILES string of the molecule is CC(=O)OCCP(=O)(O)C1CCCC1. The summed E-state index contributed by atoms with van der Waals surface area (Å²) in [4.78, 5) is 20.1. The van der Waals surface area contributed by atoms with E-state index in [9.17, 15) is 14.3 Å². The molecule has 0 aromatic rings. The van der Waals surface area contributed by atoms with E-state index in [0.717, 1.165) is 25.7 Å². The van der Waals surface area contributed by atoms with Crippen molar-refractivity contribution in [3.05, 3.63) is 0 Å². The topological polar surface area (TPSA) is 63.6 Å². The van der Waals surface area contributed by atoms with Crippen LogP contribution in [0.1, 0.15) is 32.6 Å². The Balaban J connectivity index is 2.33. The van der Waals surface area contributed by atoms with Crippen LogP contribution < -0.4 is 0 Å². The maximum absolute atomic E-state index is 11.8. The van der Waals surface area contributed by atoms with Crippen LogP contribution in [-0.4, -0.2) is 29.3 Å². The highest BCUT2D eigenvalue weighted by Crippen LogP contribution is 2.52. The molecule has 1 atom stereocenters. The molecule has 0 saturated heterocycles. The fraction of sp³-hybridized carbons (Fsp3) is 0.889. The summed E-state index contributed by atoms with van der Waals surface area (Å²) in [7, 11) is -3.07. The third kappa shape index (κ3) is 3.43. The summed E-state index contributed by atoms with van der Waals surface area (Å²) in [6, 6.07) is 0. The van der Waals surface area contributed by atoms with E-state index in [4.69, 9.17) is 0 Å². The quantitative estimate of drug-likeness (QED) is 0.579. The predicted molar refractivity (Wildman–Crippen MR) is 53.6 cm³/mol. The van der Waals surface area contributed by atoms with Gasteiger partial charge in [-0.1, -0.05) is 12.8 Å². The average Bonchev–Trinajstić information content (AvgIpc) is 2.54. The predicted octanol–water partition coefficient (Wildman–Crippen LogP) is 1.76. The number of carbonyl (C=O) groups is 1. The van der Waals surface area contributed by atoms with Gasteiger partial charge in [0.15, 0.2) is 0 Å². The first-order chi connectivity index (χ1) is 6.52. The Labute approximate surface area is 84.1 Å². The van der Waals surface area contributed by atoms with E-state index in [2.05, 4.69) is 4.74 Å². The van der Waals surface area contributed by atoms with Gasteiger partial charge in [-0.2, -0.15) is 0 Å². The second-order valence-corrected chi connectivity index (χ2v) is 6.45. The summed E-state index contributed by atoms with van der Waals surface area (Å²) in [5.41, 5.74) is -0.0574. The van der Waals surface area contributed by atoms with Crippen molar-refractivity contribution in [2.24, 2.45) is 0 Å². The lowest BCUT2D eigenvalue weighted by atomic mass is 10.4. The van der Waals surface area contributed by atoms with Gasteiger partial charge in [0.2, 0.25) is 7.37 Å². The molecule has 1 N–H and O–H groups in total. The summed E-state index contributed by atoms with van der Waals surface area (Å²) >= 11 is 0. The third-order valence-corrected chi connectivity index (χ3v) is 5.09. The lowest BCUT2D eigenvalue weighted by Gasteiger charge is -2.17. The van der Waals surface area contributed by atoms with Crippen LogP contribution >= 0.6 is 7.37 Å². The second-order valence-electron chi connectivity index (χ2n) is 3.76. The van der Waals surface area contributed by atoms with Gasteiger partial charge in [-0.05, 0) is 12.8 Å². The zero-order valence-electron chi connectivity index (χ0n) is 8.44. The molecule has 0 aliphatic heterocycles. The zero-order valence-corrected chi connectivity index (χ0v) is 9.33. The summed E-state index contributed by atoms with van der Waals surface area (Å²) in [6.07, 6.45) is 3.88. The lowest BCUT2D eigenvalue weighted by molar-refractivity contribution is -0.140. The monoisotopic (exact) mass is 220 g/mol. The molecule has 1 unspecified atom stereocenters. The van der Waals surface area contributed by atoms with Gasteiger partial charge in [-0.3, -0.25) is 9.36 Å². The Kier molecular flexibility index (Phi) is 4.14. The molecule has 0 bridgehead atoms. The molecule has 14 heavy (non-hydrogen) atoms. The fourth-order valence-corrected chi connectivity index (χ4v) is 3.70. The van der Waals surface area contributed by atoms with Gasteiger partial charge in [0.05, 0.1) is 6.16 Å². The van der Waals surface area contributed by atoms with Crippen molar-refractivity contribution in [1.29, 1.82) is 0 Å². The Bertz CT molecular complexity index is 245. The highest BCUT2D eigenvalue weighted by Gasteiger charge is 2.32. The van der Waals surface area contributed by atoms with Crippen molar-refractivity contribution in [3.63, 3.8) is 0 Å². The van der Waals surface area contributed by atoms with Crippen LogP contribution in [0.5, 0.6) is 0 Å². The van der Waals surface area contributed by atoms with E-state index in [1.54, 1.807) is 0 Å². The van der Waals surface area contributed by atoms with Gasteiger partial charge in [-0.25, -0.2) is 0 Å². The Morgan fingerprint density at radius 3 is 2.57 bits per heavy atom.